The van der Waals surface area contributed by atoms with E-state index in [9.17, 15) is 14.7 Å². The number of aliphatic carboxylic acids is 1. The first-order valence-electron chi connectivity index (χ1n) is 10.9. The van der Waals surface area contributed by atoms with E-state index in [4.69, 9.17) is 16.6 Å². The number of pyridine rings is 1. The topological polar surface area (TPSA) is 82.5 Å². The number of carbonyl (C=O) groups is 2. The fourth-order valence-corrected chi connectivity index (χ4v) is 4.90. The highest BCUT2D eigenvalue weighted by Gasteiger charge is 2.25. The molecule has 0 atom stereocenters. The lowest BCUT2D eigenvalue weighted by Gasteiger charge is -2.31. The number of halogens is 1. The van der Waals surface area contributed by atoms with Crippen molar-refractivity contribution in [1.29, 1.82) is 0 Å². The minimum Gasteiger partial charge on any atom is -0.481 e. The number of carboxylic acid groups (broad SMARTS) is 1. The first-order chi connectivity index (χ1) is 14.5. The third-order valence-corrected chi connectivity index (χ3v) is 6.79. The Balaban J connectivity index is 1.51. The number of nitrogens with zero attached hydrogens (tertiary/aromatic N) is 2. The van der Waals surface area contributed by atoms with E-state index in [-0.39, 0.29) is 11.8 Å². The molecule has 30 heavy (non-hydrogen) atoms. The summed E-state index contributed by atoms with van der Waals surface area (Å²) < 4.78 is 0. The molecular weight excluding hydrogens is 402 g/mol. The summed E-state index contributed by atoms with van der Waals surface area (Å²) in [6, 6.07) is 7.37. The van der Waals surface area contributed by atoms with Gasteiger partial charge in [0.05, 0.1) is 22.0 Å². The number of aromatic nitrogens is 1. The molecule has 0 unspecified atom stereocenters. The predicted molar refractivity (Wildman–Crippen MR) is 118 cm³/mol. The second kappa shape index (κ2) is 9.21. The molecule has 0 bridgehead atoms. The lowest BCUT2D eigenvalue weighted by Crippen LogP contribution is -2.36. The molecule has 2 N–H and O–H groups in total. The molecular formula is C23H28ClN3O3. The Morgan fingerprint density at radius 2 is 1.80 bits per heavy atom. The van der Waals surface area contributed by atoms with Gasteiger partial charge < -0.3 is 15.3 Å². The first kappa shape index (κ1) is 20.9. The number of amides is 1. The van der Waals surface area contributed by atoms with E-state index < -0.39 is 5.97 Å². The molecule has 2 fully saturated rings. The number of benzene rings is 1. The highest BCUT2D eigenvalue weighted by Crippen LogP contribution is 2.29. The van der Waals surface area contributed by atoms with Crippen molar-refractivity contribution in [3.63, 3.8) is 0 Å². The third kappa shape index (κ3) is 4.53. The number of nitrogens with one attached hydrogen (secondary N) is 1. The SMILES string of the molecule is O=C(NCC1CCCCC1)c1c(Cl)ccc2nc(N3CCC(C(=O)O)CC3)ccc12. The molecule has 1 aromatic heterocycles. The van der Waals surface area contributed by atoms with Crippen LogP contribution in [0.2, 0.25) is 5.02 Å². The molecule has 160 valence electrons. The summed E-state index contributed by atoms with van der Waals surface area (Å²) >= 11 is 6.40. The molecule has 7 heteroatoms. The number of fused-ring (bicyclic) bond motifs is 1. The minimum absolute atomic E-state index is 0.145. The van der Waals surface area contributed by atoms with Crippen LogP contribution in [-0.4, -0.2) is 41.6 Å². The fraction of sp³-hybridized carbons (Fsp3) is 0.522. The van der Waals surface area contributed by atoms with Gasteiger partial charge in [0.2, 0.25) is 0 Å². The van der Waals surface area contributed by atoms with Crippen molar-refractivity contribution < 1.29 is 14.7 Å². The summed E-state index contributed by atoms with van der Waals surface area (Å²) in [5, 5.41) is 13.4. The Morgan fingerprint density at radius 1 is 1.07 bits per heavy atom. The van der Waals surface area contributed by atoms with Gasteiger partial charge in [0.15, 0.2) is 0 Å². The summed E-state index contributed by atoms with van der Waals surface area (Å²) in [5.41, 5.74) is 1.20. The lowest BCUT2D eigenvalue weighted by molar-refractivity contribution is -0.142. The number of carboxylic acids is 1. The highest BCUT2D eigenvalue weighted by atomic mass is 35.5. The molecule has 1 amide bonds. The third-order valence-electron chi connectivity index (χ3n) is 6.48. The van der Waals surface area contributed by atoms with Gasteiger partial charge in [-0.1, -0.05) is 30.9 Å². The van der Waals surface area contributed by atoms with Crippen molar-refractivity contribution in [1.82, 2.24) is 10.3 Å². The number of hydrogen-bond donors (Lipinski definition) is 2. The van der Waals surface area contributed by atoms with Gasteiger partial charge in [-0.2, -0.15) is 0 Å². The molecule has 0 spiro atoms. The highest BCUT2D eigenvalue weighted by molar-refractivity contribution is 6.35. The van der Waals surface area contributed by atoms with Crippen LogP contribution in [-0.2, 0) is 4.79 Å². The summed E-state index contributed by atoms with van der Waals surface area (Å²) in [7, 11) is 0. The van der Waals surface area contributed by atoms with Gasteiger partial charge >= 0.3 is 5.97 Å². The van der Waals surface area contributed by atoms with Crippen LogP contribution in [0.25, 0.3) is 10.9 Å². The molecule has 1 saturated heterocycles. The maximum atomic E-state index is 12.9. The Morgan fingerprint density at radius 3 is 2.50 bits per heavy atom. The first-order valence-corrected chi connectivity index (χ1v) is 11.3. The van der Waals surface area contributed by atoms with Gasteiger partial charge in [-0.15, -0.1) is 0 Å². The zero-order valence-electron chi connectivity index (χ0n) is 17.1. The van der Waals surface area contributed by atoms with Crippen molar-refractivity contribution in [3.05, 3.63) is 34.9 Å². The summed E-state index contributed by atoms with van der Waals surface area (Å²) in [4.78, 5) is 30.9. The molecule has 1 aliphatic carbocycles. The second-order valence-electron chi connectivity index (χ2n) is 8.47. The van der Waals surface area contributed by atoms with Gasteiger partial charge in [-0.25, -0.2) is 4.98 Å². The van der Waals surface area contributed by atoms with Gasteiger partial charge in [0, 0.05) is 25.0 Å². The Labute approximate surface area is 181 Å². The largest absolute Gasteiger partial charge is 0.481 e. The van der Waals surface area contributed by atoms with Crippen LogP contribution in [0.15, 0.2) is 24.3 Å². The normalized spacial score (nSPS) is 18.5. The molecule has 0 radical (unpaired) electrons. The van der Waals surface area contributed by atoms with Gasteiger partial charge in [0.1, 0.15) is 5.82 Å². The van der Waals surface area contributed by atoms with Gasteiger partial charge in [-0.3, -0.25) is 9.59 Å². The van der Waals surface area contributed by atoms with Crippen molar-refractivity contribution in [2.75, 3.05) is 24.5 Å². The van der Waals surface area contributed by atoms with Gasteiger partial charge in [-0.05, 0) is 55.9 Å². The molecule has 2 heterocycles. The summed E-state index contributed by atoms with van der Waals surface area (Å²) in [6.45, 7) is 2.02. The maximum absolute atomic E-state index is 12.9. The van der Waals surface area contributed by atoms with E-state index in [1.54, 1.807) is 6.07 Å². The minimum atomic E-state index is -0.723. The van der Waals surface area contributed by atoms with Crippen LogP contribution in [0.4, 0.5) is 5.82 Å². The van der Waals surface area contributed by atoms with Crippen molar-refractivity contribution >= 4 is 40.2 Å². The molecule has 6 nitrogen and oxygen atoms in total. The van der Waals surface area contributed by atoms with Crippen molar-refractivity contribution in [2.24, 2.45) is 11.8 Å². The Hall–Kier alpha value is -2.34. The van der Waals surface area contributed by atoms with E-state index in [1.807, 2.05) is 18.2 Å². The smallest absolute Gasteiger partial charge is 0.306 e. The predicted octanol–water partition coefficient (Wildman–Crippen LogP) is 4.50. The van der Waals surface area contributed by atoms with E-state index in [0.717, 1.165) is 16.7 Å². The molecule has 1 aromatic carbocycles. The maximum Gasteiger partial charge on any atom is 0.306 e. The van der Waals surface area contributed by atoms with Crippen LogP contribution in [0.1, 0.15) is 55.3 Å². The average molecular weight is 430 g/mol. The average Bonchev–Trinajstić information content (AvgIpc) is 2.78. The monoisotopic (exact) mass is 429 g/mol. The van der Waals surface area contributed by atoms with Crippen LogP contribution in [0.3, 0.4) is 0 Å². The van der Waals surface area contributed by atoms with Crippen LogP contribution >= 0.6 is 11.6 Å². The molecule has 2 aromatic rings. The van der Waals surface area contributed by atoms with E-state index in [1.165, 1.54) is 32.1 Å². The molecule has 2 aliphatic rings. The zero-order valence-corrected chi connectivity index (χ0v) is 17.8. The lowest BCUT2D eigenvalue weighted by atomic mass is 9.89. The second-order valence-corrected chi connectivity index (χ2v) is 8.88. The standard InChI is InChI=1S/C23H28ClN3O3/c24-18-7-8-19-17(21(18)22(28)25-14-15-4-2-1-3-5-15)6-9-20(26-19)27-12-10-16(11-13-27)23(29)30/h6-9,15-16H,1-5,10-14H2,(H,25,28)(H,29,30). The van der Waals surface area contributed by atoms with E-state index >= 15 is 0 Å². The Bertz CT molecular complexity index is 935. The molecule has 1 aliphatic heterocycles. The Kier molecular flexibility index (Phi) is 6.42. The van der Waals surface area contributed by atoms with Crippen LogP contribution in [0, 0.1) is 11.8 Å². The molecule has 1 saturated carbocycles. The summed E-state index contributed by atoms with van der Waals surface area (Å²) in [6.07, 6.45) is 7.36. The quantitative estimate of drug-likeness (QED) is 0.731. The van der Waals surface area contributed by atoms with E-state index in [2.05, 4.69) is 10.2 Å². The van der Waals surface area contributed by atoms with Gasteiger partial charge in [0.25, 0.3) is 5.91 Å². The number of rotatable bonds is 5. The zero-order chi connectivity index (χ0) is 21.1. The summed E-state index contributed by atoms with van der Waals surface area (Å²) in [5.74, 6) is 0.213. The van der Waals surface area contributed by atoms with Crippen LogP contribution in [0.5, 0.6) is 0 Å². The number of piperidine rings is 1. The van der Waals surface area contributed by atoms with Crippen molar-refractivity contribution in [2.45, 2.75) is 44.9 Å². The van der Waals surface area contributed by atoms with Crippen molar-refractivity contribution in [3.8, 4) is 0 Å². The number of anilines is 1. The number of carbonyl (C=O) groups excluding carboxylic acids is 1. The molecule has 4 rings (SSSR count). The van der Waals surface area contributed by atoms with Crippen LogP contribution < -0.4 is 10.2 Å². The van der Waals surface area contributed by atoms with E-state index in [0.29, 0.717) is 49.0 Å². The fourth-order valence-electron chi connectivity index (χ4n) is 4.65. The number of hydrogen-bond acceptors (Lipinski definition) is 4.